The zero-order chi connectivity index (χ0) is 15.1. The summed E-state index contributed by atoms with van der Waals surface area (Å²) in [4.78, 5) is 14.5. The average Bonchev–Trinajstić information content (AvgIpc) is 2.51. The van der Waals surface area contributed by atoms with Gasteiger partial charge in [-0.25, -0.2) is 0 Å². The molecule has 1 aromatic carbocycles. The molecule has 0 amide bonds. The number of pyridine rings is 1. The van der Waals surface area contributed by atoms with E-state index in [1.807, 2.05) is 19.1 Å². The van der Waals surface area contributed by atoms with E-state index in [2.05, 4.69) is 10.3 Å². The largest absolute Gasteiger partial charge is 0.482 e. The van der Waals surface area contributed by atoms with Crippen LogP contribution in [0.25, 0.3) is 0 Å². The summed E-state index contributed by atoms with van der Waals surface area (Å²) in [5.41, 5.74) is 1.84. The minimum Gasteiger partial charge on any atom is -0.482 e. The maximum absolute atomic E-state index is 11.1. The molecule has 0 unspecified atom stereocenters. The molecule has 0 radical (unpaired) electrons. The summed E-state index contributed by atoms with van der Waals surface area (Å²) in [6.45, 7) is 3.77. The number of nitrogens with one attached hydrogen (secondary N) is 1. The average molecular weight is 287 g/mol. The van der Waals surface area contributed by atoms with Crippen LogP contribution in [-0.4, -0.2) is 16.5 Å². The van der Waals surface area contributed by atoms with E-state index in [1.165, 1.54) is 6.07 Å². The molecule has 0 saturated carbocycles. The maximum atomic E-state index is 11.1. The van der Waals surface area contributed by atoms with Gasteiger partial charge in [0.15, 0.2) is 5.75 Å². The van der Waals surface area contributed by atoms with Gasteiger partial charge in [0.1, 0.15) is 6.61 Å². The molecule has 0 fully saturated rings. The second kappa shape index (κ2) is 7.35. The summed E-state index contributed by atoms with van der Waals surface area (Å²) in [7, 11) is 0. The summed E-state index contributed by atoms with van der Waals surface area (Å²) >= 11 is 0. The lowest BCUT2D eigenvalue weighted by atomic mass is 10.2. The topological polar surface area (TPSA) is 77.3 Å². The third-order valence-corrected chi connectivity index (χ3v) is 2.94. The molecule has 6 heteroatoms. The van der Waals surface area contributed by atoms with Crippen LogP contribution in [0.2, 0.25) is 0 Å². The number of nitro benzene ring substituents is 1. The monoisotopic (exact) mass is 287 g/mol. The molecule has 0 aliphatic carbocycles. The maximum Gasteiger partial charge on any atom is 0.310 e. The molecular weight excluding hydrogens is 270 g/mol. The fraction of sp³-hybridized carbons (Fsp3) is 0.267. The fourth-order valence-corrected chi connectivity index (χ4v) is 1.84. The van der Waals surface area contributed by atoms with Crippen molar-refractivity contribution in [2.75, 3.05) is 6.54 Å². The quantitative estimate of drug-likeness (QED) is 0.625. The third kappa shape index (κ3) is 4.25. The predicted molar refractivity (Wildman–Crippen MR) is 79.0 cm³/mol. The molecule has 2 aromatic rings. The van der Waals surface area contributed by atoms with Crippen LogP contribution in [0.3, 0.4) is 0 Å². The van der Waals surface area contributed by atoms with E-state index in [-0.39, 0.29) is 18.0 Å². The molecule has 1 N–H and O–H groups in total. The molecule has 0 atom stereocenters. The number of benzene rings is 1. The molecule has 0 spiro atoms. The Balaban J connectivity index is 2.16. The number of nitro groups is 1. The van der Waals surface area contributed by atoms with Crippen molar-refractivity contribution in [1.82, 2.24) is 10.3 Å². The van der Waals surface area contributed by atoms with Gasteiger partial charge in [-0.3, -0.25) is 15.1 Å². The molecule has 2 rings (SSSR count). The fourth-order valence-electron chi connectivity index (χ4n) is 1.84. The van der Waals surface area contributed by atoms with Crippen LogP contribution < -0.4 is 10.1 Å². The van der Waals surface area contributed by atoms with Crippen LogP contribution in [0.4, 0.5) is 5.69 Å². The normalized spacial score (nSPS) is 10.3. The Bertz CT molecular complexity index is 602. The first-order chi connectivity index (χ1) is 10.2. The number of hydrogen-bond acceptors (Lipinski definition) is 5. The molecule has 110 valence electrons. The second-order valence-corrected chi connectivity index (χ2v) is 4.48. The molecule has 1 heterocycles. The van der Waals surface area contributed by atoms with Gasteiger partial charge in [-0.05, 0) is 35.9 Å². The first-order valence-electron chi connectivity index (χ1n) is 6.70. The molecule has 0 bridgehead atoms. The van der Waals surface area contributed by atoms with Crippen LogP contribution in [0.5, 0.6) is 5.75 Å². The van der Waals surface area contributed by atoms with Gasteiger partial charge >= 0.3 is 5.69 Å². The SMILES string of the molecule is CCNCc1ccc([N+](=O)[O-])c(OCc2ccncc2)c1. The highest BCUT2D eigenvalue weighted by molar-refractivity contribution is 5.48. The lowest BCUT2D eigenvalue weighted by Crippen LogP contribution is -2.12. The van der Waals surface area contributed by atoms with E-state index in [0.29, 0.717) is 6.54 Å². The zero-order valence-corrected chi connectivity index (χ0v) is 11.8. The van der Waals surface area contributed by atoms with E-state index in [0.717, 1.165) is 17.7 Å². The molecule has 6 nitrogen and oxygen atoms in total. The molecule has 0 saturated heterocycles. The van der Waals surface area contributed by atoms with E-state index in [1.54, 1.807) is 24.5 Å². The van der Waals surface area contributed by atoms with Crippen LogP contribution in [0.15, 0.2) is 42.7 Å². The number of aromatic nitrogens is 1. The first-order valence-corrected chi connectivity index (χ1v) is 6.70. The van der Waals surface area contributed by atoms with Crippen molar-refractivity contribution in [3.05, 3.63) is 64.0 Å². The minimum absolute atomic E-state index is 0.0238. The van der Waals surface area contributed by atoms with Gasteiger partial charge in [-0.2, -0.15) is 0 Å². The van der Waals surface area contributed by atoms with Gasteiger partial charge in [0.25, 0.3) is 0 Å². The van der Waals surface area contributed by atoms with Gasteiger partial charge in [-0.1, -0.05) is 13.0 Å². The molecule has 0 aliphatic heterocycles. The van der Waals surface area contributed by atoms with E-state index >= 15 is 0 Å². The van der Waals surface area contributed by atoms with Gasteiger partial charge in [-0.15, -0.1) is 0 Å². The first kappa shape index (κ1) is 14.9. The van der Waals surface area contributed by atoms with E-state index < -0.39 is 4.92 Å². The van der Waals surface area contributed by atoms with Crippen molar-refractivity contribution in [1.29, 1.82) is 0 Å². The Morgan fingerprint density at radius 2 is 2.00 bits per heavy atom. The Kier molecular flexibility index (Phi) is 5.22. The molecule has 21 heavy (non-hydrogen) atoms. The summed E-state index contributed by atoms with van der Waals surface area (Å²) < 4.78 is 5.61. The summed E-state index contributed by atoms with van der Waals surface area (Å²) in [6, 6.07) is 8.55. The highest BCUT2D eigenvalue weighted by Gasteiger charge is 2.15. The van der Waals surface area contributed by atoms with E-state index in [4.69, 9.17) is 4.74 Å². The van der Waals surface area contributed by atoms with Crippen molar-refractivity contribution in [2.24, 2.45) is 0 Å². The van der Waals surface area contributed by atoms with Crippen molar-refractivity contribution in [3.63, 3.8) is 0 Å². The molecule has 0 aliphatic rings. The predicted octanol–water partition coefficient (Wildman–Crippen LogP) is 2.68. The molecular formula is C15H17N3O3. The summed E-state index contributed by atoms with van der Waals surface area (Å²) in [5.74, 6) is 0.284. The summed E-state index contributed by atoms with van der Waals surface area (Å²) in [6.07, 6.45) is 3.32. The van der Waals surface area contributed by atoms with Crippen molar-refractivity contribution < 1.29 is 9.66 Å². The smallest absolute Gasteiger partial charge is 0.310 e. The van der Waals surface area contributed by atoms with Crippen LogP contribution in [0.1, 0.15) is 18.1 Å². The minimum atomic E-state index is -0.432. The van der Waals surface area contributed by atoms with E-state index in [9.17, 15) is 10.1 Å². The Hall–Kier alpha value is -2.47. The van der Waals surface area contributed by atoms with Crippen molar-refractivity contribution >= 4 is 5.69 Å². The van der Waals surface area contributed by atoms with Crippen LogP contribution >= 0.6 is 0 Å². The van der Waals surface area contributed by atoms with Gasteiger partial charge in [0.05, 0.1) is 4.92 Å². The van der Waals surface area contributed by atoms with Crippen LogP contribution in [-0.2, 0) is 13.2 Å². The van der Waals surface area contributed by atoms with Crippen molar-refractivity contribution in [2.45, 2.75) is 20.1 Å². The lowest BCUT2D eigenvalue weighted by Gasteiger charge is -2.09. The number of rotatable bonds is 7. The van der Waals surface area contributed by atoms with Gasteiger partial charge in [0, 0.05) is 25.0 Å². The Morgan fingerprint density at radius 1 is 1.24 bits per heavy atom. The Labute approximate surface area is 122 Å². The second-order valence-electron chi connectivity index (χ2n) is 4.48. The lowest BCUT2D eigenvalue weighted by molar-refractivity contribution is -0.386. The van der Waals surface area contributed by atoms with Gasteiger partial charge in [0.2, 0.25) is 0 Å². The molecule has 1 aromatic heterocycles. The standard InChI is InChI=1S/C15H17N3O3/c1-2-16-10-13-3-4-14(18(19)20)15(9-13)21-11-12-5-7-17-8-6-12/h3-9,16H,2,10-11H2,1H3. The summed E-state index contributed by atoms with van der Waals surface area (Å²) in [5, 5.41) is 14.2. The number of nitrogens with zero attached hydrogens (tertiary/aromatic N) is 2. The highest BCUT2D eigenvalue weighted by atomic mass is 16.6. The highest BCUT2D eigenvalue weighted by Crippen LogP contribution is 2.28. The van der Waals surface area contributed by atoms with Crippen molar-refractivity contribution in [3.8, 4) is 5.75 Å². The number of hydrogen-bond donors (Lipinski definition) is 1. The van der Waals surface area contributed by atoms with Crippen LogP contribution in [0, 0.1) is 10.1 Å². The zero-order valence-electron chi connectivity index (χ0n) is 11.8. The van der Waals surface area contributed by atoms with Gasteiger partial charge < -0.3 is 10.1 Å². The Morgan fingerprint density at radius 3 is 2.67 bits per heavy atom. The third-order valence-electron chi connectivity index (χ3n) is 2.94. The number of ether oxygens (including phenoxy) is 1.